The Balaban J connectivity index is 2.24. The summed E-state index contributed by atoms with van der Waals surface area (Å²) < 4.78 is 0. The summed E-state index contributed by atoms with van der Waals surface area (Å²) in [7, 11) is 0. The number of nitriles is 2. The number of aryl methyl sites for hydroxylation is 2. The van der Waals surface area contributed by atoms with Gasteiger partial charge in [0.25, 0.3) is 0 Å². The van der Waals surface area contributed by atoms with Crippen molar-refractivity contribution in [2.24, 2.45) is 0 Å². The standard InChI is InChI=1S/C15H15N3/c1-11-3-4-15(7-12(11)2)18-6-5-13(10-18)14(8-16)9-17/h3-4,7H,5-6,10H2,1-2H3. The molecule has 1 saturated heterocycles. The fraction of sp³-hybridized carbons (Fsp3) is 0.333. The zero-order valence-electron chi connectivity index (χ0n) is 10.7. The Labute approximate surface area is 108 Å². The molecule has 0 aromatic heterocycles. The SMILES string of the molecule is Cc1ccc(N2CCC(=C(C#N)C#N)C2)cc1C. The van der Waals surface area contributed by atoms with Crippen LogP contribution in [0.3, 0.4) is 0 Å². The molecule has 3 heteroatoms. The molecule has 1 fully saturated rings. The van der Waals surface area contributed by atoms with Crippen LogP contribution in [0.5, 0.6) is 0 Å². The van der Waals surface area contributed by atoms with E-state index in [1.807, 2.05) is 12.1 Å². The molecule has 90 valence electrons. The molecule has 0 saturated carbocycles. The van der Waals surface area contributed by atoms with Gasteiger partial charge in [0.05, 0.1) is 0 Å². The molecule has 0 bridgehead atoms. The van der Waals surface area contributed by atoms with E-state index in [-0.39, 0.29) is 5.57 Å². The molecule has 0 atom stereocenters. The highest BCUT2D eigenvalue weighted by Gasteiger charge is 2.20. The smallest absolute Gasteiger partial charge is 0.130 e. The Morgan fingerprint density at radius 3 is 2.50 bits per heavy atom. The first-order valence-electron chi connectivity index (χ1n) is 6.00. The Kier molecular flexibility index (Phi) is 3.35. The number of anilines is 1. The van der Waals surface area contributed by atoms with Crippen LogP contribution in [-0.2, 0) is 0 Å². The average Bonchev–Trinajstić information content (AvgIpc) is 2.84. The van der Waals surface area contributed by atoms with Crippen LogP contribution in [-0.4, -0.2) is 13.1 Å². The lowest BCUT2D eigenvalue weighted by atomic mass is 10.1. The number of hydrogen-bond acceptors (Lipinski definition) is 3. The lowest BCUT2D eigenvalue weighted by molar-refractivity contribution is 0.966. The second-order valence-corrected chi connectivity index (χ2v) is 4.64. The van der Waals surface area contributed by atoms with Crippen LogP contribution in [0, 0.1) is 36.5 Å². The first kappa shape index (κ1) is 12.2. The highest BCUT2D eigenvalue weighted by molar-refractivity contribution is 5.55. The second-order valence-electron chi connectivity index (χ2n) is 4.64. The van der Waals surface area contributed by atoms with Gasteiger partial charge in [0.1, 0.15) is 17.7 Å². The molecule has 3 nitrogen and oxygen atoms in total. The van der Waals surface area contributed by atoms with E-state index in [4.69, 9.17) is 10.5 Å². The number of rotatable bonds is 1. The maximum atomic E-state index is 8.87. The van der Waals surface area contributed by atoms with Gasteiger partial charge in [-0.05, 0) is 49.1 Å². The summed E-state index contributed by atoms with van der Waals surface area (Å²) >= 11 is 0. The number of hydrogen-bond donors (Lipinski definition) is 0. The highest BCUT2D eigenvalue weighted by atomic mass is 15.1. The van der Waals surface area contributed by atoms with Crippen molar-refractivity contribution >= 4 is 5.69 Å². The van der Waals surface area contributed by atoms with Gasteiger partial charge in [-0.1, -0.05) is 6.07 Å². The summed E-state index contributed by atoms with van der Waals surface area (Å²) in [6.07, 6.45) is 0.809. The van der Waals surface area contributed by atoms with E-state index in [0.29, 0.717) is 6.54 Å². The molecule has 0 aliphatic carbocycles. The summed E-state index contributed by atoms with van der Waals surface area (Å²) in [6.45, 7) is 5.77. The van der Waals surface area contributed by atoms with Crippen molar-refractivity contribution in [3.05, 3.63) is 40.5 Å². The Hall–Kier alpha value is -2.26. The maximum Gasteiger partial charge on any atom is 0.130 e. The van der Waals surface area contributed by atoms with E-state index < -0.39 is 0 Å². The van der Waals surface area contributed by atoms with E-state index in [1.54, 1.807) is 0 Å². The van der Waals surface area contributed by atoms with Crippen molar-refractivity contribution < 1.29 is 0 Å². The highest BCUT2D eigenvalue weighted by Crippen LogP contribution is 2.26. The van der Waals surface area contributed by atoms with Crippen LogP contribution < -0.4 is 4.90 Å². The monoisotopic (exact) mass is 237 g/mol. The van der Waals surface area contributed by atoms with Crippen LogP contribution in [0.15, 0.2) is 29.3 Å². The minimum Gasteiger partial charge on any atom is -0.367 e. The lowest BCUT2D eigenvalue weighted by Crippen LogP contribution is -2.18. The van der Waals surface area contributed by atoms with Gasteiger partial charge in [0, 0.05) is 18.8 Å². The maximum absolute atomic E-state index is 8.87. The number of nitrogens with zero attached hydrogens (tertiary/aromatic N) is 3. The molecule has 1 aliphatic rings. The van der Waals surface area contributed by atoms with Crippen LogP contribution in [0.25, 0.3) is 0 Å². The van der Waals surface area contributed by atoms with Gasteiger partial charge in [0.2, 0.25) is 0 Å². The molecular weight excluding hydrogens is 222 g/mol. The third-order valence-corrected chi connectivity index (χ3v) is 3.50. The molecule has 0 amide bonds. The number of allylic oxidation sites excluding steroid dienone is 1. The molecular formula is C15H15N3. The minimum atomic E-state index is 0.279. The van der Waals surface area contributed by atoms with E-state index >= 15 is 0 Å². The van der Waals surface area contributed by atoms with Crippen molar-refractivity contribution in [2.75, 3.05) is 18.0 Å². The predicted molar refractivity (Wildman–Crippen MR) is 71.0 cm³/mol. The van der Waals surface area contributed by atoms with Crippen LogP contribution in [0.1, 0.15) is 17.5 Å². The second kappa shape index (κ2) is 4.94. The Bertz CT molecular complexity index is 569. The normalized spacial score (nSPS) is 14.2. The summed E-state index contributed by atoms with van der Waals surface area (Å²) in [5.74, 6) is 0. The third-order valence-electron chi connectivity index (χ3n) is 3.50. The first-order chi connectivity index (χ1) is 8.65. The minimum absolute atomic E-state index is 0.279. The van der Waals surface area contributed by atoms with E-state index in [2.05, 4.69) is 36.9 Å². The zero-order chi connectivity index (χ0) is 13.1. The molecule has 1 heterocycles. The number of benzene rings is 1. The van der Waals surface area contributed by atoms with Crippen molar-refractivity contribution in [1.82, 2.24) is 0 Å². The fourth-order valence-electron chi connectivity index (χ4n) is 2.19. The van der Waals surface area contributed by atoms with Crippen molar-refractivity contribution in [3.63, 3.8) is 0 Å². The summed E-state index contributed by atoms with van der Waals surface area (Å²) in [5, 5.41) is 17.7. The van der Waals surface area contributed by atoms with Crippen LogP contribution in [0.2, 0.25) is 0 Å². The molecule has 0 spiro atoms. The summed E-state index contributed by atoms with van der Waals surface area (Å²) in [6, 6.07) is 10.3. The predicted octanol–water partition coefficient (Wildman–Crippen LogP) is 2.86. The first-order valence-corrected chi connectivity index (χ1v) is 6.00. The van der Waals surface area contributed by atoms with Gasteiger partial charge in [-0.15, -0.1) is 0 Å². The van der Waals surface area contributed by atoms with Gasteiger partial charge in [-0.3, -0.25) is 0 Å². The van der Waals surface area contributed by atoms with Crippen molar-refractivity contribution in [3.8, 4) is 12.1 Å². The van der Waals surface area contributed by atoms with Crippen LogP contribution >= 0.6 is 0 Å². The average molecular weight is 237 g/mol. The molecule has 0 N–H and O–H groups in total. The zero-order valence-corrected chi connectivity index (χ0v) is 10.7. The summed E-state index contributed by atoms with van der Waals surface area (Å²) in [5.41, 5.74) is 4.96. The van der Waals surface area contributed by atoms with Gasteiger partial charge in [-0.25, -0.2) is 0 Å². The Morgan fingerprint density at radius 2 is 1.89 bits per heavy atom. The van der Waals surface area contributed by atoms with Gasteiger partial charge in [-0.2, -0.15) is 10.5 Å². The van der Waals surface area contributed by atoms with Crippen molar-refractivity contribution in [1.29, 1.82) is 10.5 Å². The largest absolute Gasteiger partial charge is 0.367 e. The molecule has 1 aromatic rings. The van der Waals surface area contributed by atoms with Crippen LogP contribution in [0.4, 0.5) is 5.69 Å². The Morgan fingerprint density at radius 1 is 1.17 bits per heavy atom. The van der Waals surface area contributed by atoms with E-state index in [1.165, 1.54) is 16.8 Å². The molecule has 1 aliphatic heterocycles. The van der Waals surface area contributed by atoms with E-state index in [9.17, 15) is 0 Å². The quantitative estimate of drug-likeness (QED) is 0.706. The van der Waals surface area contributed by atoms with Crippen molar-refractivity contribution in [2.45, 2.75) is 20.3 Å². The lowest BCUT2D eigenvalue weighted by Gasteiger charge is -2.18. The van der Waals surface area contributed by atoms with E-state index in [0.717, 1.165) is 18.5 Å². The van der Waals surface area contributed by atoms with Gasteiger partial charge >= 0.3 is 0 Å². The molecule has 0 unspecified atom stereocenters. The molecule has 18 heavy (non-hydrogen) atoms. The molecule has 1 aromatic carbocycles. The third kappa shape index (κ3) is 2.21. The fourth-order valence-corrected chi connectivity index (χ4v) is 2.19. The molecule has 2 rings (SSSR count). The summed E-state index contributed by atoms with van der Waals surface area (Å²) in [4.78, 5) is 2.22. The van der Waals surface area contributed by atoms with Gasteiger partial charge < -0.3 is 4.90 Å². The van der Waals surface area contributed by atoms with Gasteiger partial charge in [0.15, 0.2) is 0 Å². The topological polar surface area (TPSA) is 50.8 Å². The molecule has 0 radical (unpaired) electrons.